The molecular formula is C12H15F3N4O. The summed E-state index contributed by atoms with van der Waals surface area (Å²) < 4.78 is 38.7. The first-order chi connectivity index (χ1) is 9.38. The van der Waals surface area contributed by atoms with Crippen LogP contribution in [0, 0.1) is 0 Å². The van der Waals surface area contributed by atoms with Crippen LogP contribution in [0.25, 0.3) is 0 Å². The predicted octanol–water partition coefficient (Wildman–Crippen LogP) is 0.708. The second kappa shape index (κ2) is 5.66. The number of carbonyl (C=O) groups excluding carboxylic acids is 1. The standard InChI is InChI=1S/C12H15F3N4O/c13-12(14,15)9-2-1-3-17-11(9)19-6-4-18(5-7-19)8-10(16)20/h1-3H,4-8H2,(H2,16,20). The van der Waals surface area contributed by atoms with Crippen molar-refractivity contribution in [1.29, 1.82) is 0 Å². The first-order valence-corrected chi connectivity index (χ1v) is 6.16. The molecule has 1 fully saturated rings. The molecular weight excluding hydrogens is 273 g/mol. The maximum atomic E-state index is 12.9. The van der Waals surface area contributed by atoms with Crippen LogP contribution in [0.1, 0.15) is 5.56 Å². The van der Waals surface area contributed by atoms with Gasteiger partial charge < -0.3 is 10.6 Å². The van der Waals surface area contributed by atoms with Gasteiger partial charge in [-0.25, -0.2) is 4.98 Å². The molecule has 0 radical (unpaired) electrons. The van der Waals surface area contributed by atoms with E-state index in [4.69, 9.17) is 5.73 Å². The molecule has 0 bridgehead atoms. The number of nitrogens with two attached hydrogens (primary N) is 1. The number of carbonyl (C=O) groups is 1. The first-order valence-electron chi connectivity index (χ1n) is 6.16. The van der Waals surface area contributed by atoms with Crippen LogP contribution in [-0.2, 0) is 11.0 Å². The summed E-state index contributed by atoms with van der Waals surface area (Å²) in [4.78, 5) is 18.1. The average Bonchev–Trinajstić information content (AvgIpc) is 2.38. The molecule has 1 amide bonds. The number of aromatic nitrogens is 1. The van der Waals surface area contributed by atoms with Crippen molar-refractivity contribution in [2.75, 3.05) is 37.6 Å². The Kier molecular flexibility index (Phi) is 4.12. The number of piperazine rings is 1. The lowest BCUT2D eigenvalue weighted by molar-refractivity contribution is -0.137. The maximum Gasteiger partial charge on any atom is 0.419 e. The van der Waals surface area contributed by atoms with Gasteiger partial charge >= 0.3 is 6.18 Å². The highest BCUT2D eigenvalue weighted by Crippen LogP contribution is 2.35. The molecule has 0 aliphatic carbocycles. The SMILES string of the molecule is NC(=O)CN1CCN(c2ncccc2C(F)(F)F)CC1. The molecule has 1 aliphatic rings. The number of hydrogen-bond donors (Lipinski definition) is 1. The number of anilines is 1. The zero-order valence-electron chi connectivity index (χ0n) is 10.7. The van der Waals surface area contributed by atoms with Gasteiger partial charge in [0.2, 0.25) is 5.91 Å². The first kappa shape index (κ1) is 14.6. The molecule has 2 heterocycles. The van der Waals surface area contributed by atoms with Gasteiger partial charge in [-0.15, -0.1) is 0 Å². The third-order valence-electron chi connectivity index (χ3n) is 3.14. The highest BCUT2D eigenvalue weighted by atomic mass is 19.4. The number of primary amides is 1. The number of pyridine rings is 1. The van der Waals surface area contributed by atoms with Crippen molar-refractivity contribution in [1.82, 2.24) is 9.88 Å². The Labute approximate surface area is 114 Å². The fraction of sp³-hybridized carbons (Fsp3) is 0.500. The summed E-state index contributed by atoms with van der Waals surface area (Å²) in [6.07, 6.45) is -3.08. The molecule has 1 saturated heterocycles. The van der Waals surface area contributed by atoms with Gasteiger partial charge in [0.25, 0.3) is 0 Å². The molecule has 5 nitrogen and oxygen atoms in total. The van der Waals surface area contributed by atoms with E-state index in [0.717, 1.165) is 6.07 Å². The number of hydrogen-bond acceptors (Lipinski definition) is 4. The molecule has 20 heavy (non-hydrogen) atoms. The van der Waals surface area contributed by atoms with Crippen LogP contribution < -0.4 is 10.6 Å². The van der Waals surface area contributed by atoms with E-state index in [1.165, 1.54) is 12.3 Å². The lowest BCUT2D eigenvalue weighted by Crippen LogP contribution is -2.49. The van der Waals surface area contributed by atoms with Crippen LogP contribution in [0.5, 0.6) is 0 Å². The maximum absolute atomic E-state index is 12.9. The van der Waals surface area contributed by atoms with E-state index in [2.05, 4.69) is 4.98 Å². The van der Waals surface area contributed by atoms with E-state index < -0.39 is 17.6 Å². The van der Waals surface area contributed by atoms with Crippen molar-refractivity contribution >= 4 is 11.7 Å². The second-order valence-electron chi connectivity index (χ2n) is 4.60. The van der Waals surface area contributed by atoms with Crippen LogP contribution in [0.2, 0.25) is 0 Å². The highest BCUT2D eigenvalue weighted by molar-refractivity contribution is 5.75. The largest absolute Gasteiger partial charge is 0.419 e. The van der Waals surface area contributed by atoms with E-state index >= 15 is 0 Å². The molecule has 1 aliphatic heterocycles. The minimum Gasteiger partial charge on any atom is -0.369 e. The van der Waals surface area contributed by atoms with Crippen molar-refractivity contribution < 1.29 is 18.0 Å². The average molecular weight is 288 g/mol. The van der Waals surface area contributed by atoms with Gasteiger partial charge in [-0.05, 0) is 12.1 Å². The molecule has 8 heteroatoms. The Morgan fingerprint density at radius 1 is 1.30 bits per heavy atom. The van der Waals surface area contributed by atoms with Crippen LogP contribution in [0.4, 0.5) is 19.0 Å². The molecule has 0 aromatic carbocycles. The normalized spacial score (nSPS) is 17.2. The van der Waals surface area contributed by atoms with Gasteiger partial charge in [-0.3, -0.25) is 9.69 Å². The highest BCUT2D eigenvalue weighted by Gasteiger charge is 2.36. The third kappa shape index (κ3) is 3.38. The van der Waals surface area contributed by atoms with Gasteiger partial charge in [0.1, 0.15) is 5.82 Å². The Hall–Kier alpha value is -1.83. The summed E-state index contributed by atoms with van der Waals surface area (Å²) in [5.74, 6) is -0.494. The zero-order valence-corrected chi connectivity index (χ0v) is 10.7. The van der Waals surface area contributed by atoms with Gasteiger partial charge in [-0.1, -0.05) is 0 Å². The van der Waals surface area contributed by atoms with E-state index in [0.29, 0.717) is 26.2 Å². The Bertz CT molecular complexity index is 484. The number of nitrogens with zero attached hydrogens (tertiary/aromatic N) is 3. The quantitative estimate of drug-likeness (QED) is 0.889. The molecule has 0 spiro atoms. The molecule has 0 saturated carbocycles. The summed E-state index contributed by atoms with van der Waals surface area (Å²) in [5, 5.41) is 0. The van der Waals surface area contributed by atoms with Crippen molar-refractivity contribution in [3.05, 3.63) is 23.9 Å². The van der Waals surface area contributed by atoms with Gasteiger partial charge in [0.05, 0.1) is 12.1 Å². The fourth-order valence-electron chi connectivity index (χ4n) is 2.21. The van der Waals surface area contributed by atoms with Crippen LogP contribution in [0.15, 0.2) is 18.3 Å². The van der Waals surface area contributed by atoms with Crippen molar-refractivity contribution in [3.8, 4) is 0 Å². The third-order valence-corrected chi connectivity index (χ3v) is 3.14. The van der Waals surface area contributed by atoms with Gasteiger partial charge in [0.15, 0.2) is 0 Å². The van der Waals surface area contributed by atoms with Crippen molar-refractivity contribution in [2.45, 2.75) is 6.18 Å². The molecule has 2 rings (SSSR count). The molecule has 2 N–H and O–H groups in total. The monoisotopic (exact) mass is 288 g/mol. The lowest BCUT2D eigenvalue weighted by Gasteiger charge is -2.35. The van der Waals surface area contributed by atoms with Gasteiger partial charge in [-0.2, -0.15) is 13.2 Å². The van der Waals surface area contributed by atoms with Crippen LogP contribution in [0.3, 0.4) is 0 Å². The predicted molar refractivity (Wildman–Crippen MR) is 67.1 cm³/mol. The summed E-state index contributed by atoms with van der Waals surface area (Å²) in [6.45, 7) is 1.86. The molecule has 0 atom stereocenters. The van der Waals surface area contributed by atoms with Crippen LogP contribution >= 0.6 is 0 Å². The summed E-state index contributed by atoms with van der Waals surface area (Å²) in [5.41, 5.74) is 4.36. The zero-order chi connectivity index (χ0) is 14.8. The minimum absolute atomic E-state index is 0.0567. The fourth-order valence-corrected chi connectivity index (χ4v) is 2.21. The van der Waals surface area contributed by atoms with E-state index in [1.807, 2.05) is 4.90 Å². The smallest absolute Gasteiger partial charge is 0.369 e. The second-order valence-corrected chi connectivity index (χ2v) is 4.60. The topological polar surface area (TPSA) is 62.5 Å². The number of alkyl halides is 3. The summed E-state index contributed by atoms with van der Waals surface area (Å²) in [7, 11) is 0. The molecule has 1 aromatic rings. The Morgan fingerprint density at radius 3 is 2.50 bits per heavy atom. The lowest BCUT2D eigenvalue weighted by atomic mass is 10.2. The summed E-state index contributed by atoms with van der Waals surface area (Å²) in [6, 6.07) is 2.30. The van der Waals surface area contributed by atoms with Crippen molar-refractivity contribution in [3.63, 3.8) is 0 Å². The van der Waals surface area contributed by atoms with Crippen molar-refractivity contribution in [2.24, 2.45) is 5.73 Å². The minimum atomic E-state index is -4.42. The Balaban J connectivity index is 2.09. The molecule has 0 unspecified atom stereocenters. The van der Waals surface area contributed by atoms with E-state index in [9.17, 15) is 18.0 Å². The van der Waals surface area contributed by atoms with Gasteiger partial charge in [0, 0.05) is 32.4 Å². The molecule has 110 valence electrons. The number of rotatable bonds is 3. The summed E-state index contributed by atoms with van der Waals surface area (Å²) >= 11 is 0. The molecule has 1 aromatic heterocycles. The Morgan fingerprint density at radius 2 is 1.95 bits per heavy atom. The number of halogens is 3. The van der Waals surface area contributed by atoms with E-state index in [1.54, 1.807) is 4.90 Å². The van der Waals surface area contributed by atoms with Crippen LogP contribution in [-0.4, -0.2) is 48.5 Å². The number of amides is 1. The van der Waals surface area contributed by atoms with E-state index in [-0.39, 0.29) is 12.4 Å².